The van der Waals surface area contributed by atoms with Gasteiger partial charge in [-0.1, -0.05) is 41.9 Å². The molecule has 4 aromatic rings. The van der Waals surface area contributed by atoms with Crippen molar-refractivity contribution in [3.8, 4) is 17.1 Å². The number of ether oxygens (including phenoxy) is 1. The number of nitrogens with zero attached hydrogens (tertiary/aromatic N) is 2. The predicted octanol–water partition coefficient (Wildman–Crippen LogP) is 4.86. The van der Waals surface area contributed by atoms with E-state index in [1.54, 1.807) is 18.5 Å². The van der Waals surface area contributed by atoms with Gasteiger partial charge in [0.15, 0.2) is 0 Å². The van der Waals surface area contributed by atoms with E-state index in [2.05, 4.69) is 15.0 Å². The van der Waals surface area contributed by atoms with Crippen LogP contribution in [0, 0.1) is 0 Å². The highest BCUT2D eigenvalue weighted by molar-refractivity contribution is 6.35. The molecule has 0 unspecified atom stereocenters. The van der Waals surface area contributed by atoms with Gasteiger partial charge in [0, 0.05) is 35.1 Å². The summed E-state index contributed by atoms with van der Waals surface area (Å²) >= 11 is 6.21. The van der Waals surface area contributed by atoms with Crippen LogP contribution in [0.15, 0.2) is 67.0 Å². The van der Waals surface area contributed by atoms with Crippen LogP contribution in [0.25, 0.3) is 22.3 Å². The van der Waals surface area contributed by atoms with E-state index < -0.39 is 0 Å². The highest BCUT2D eigenvalue weighted by Gasteiger charge is 2.08. The summed E-state index contributed by atoms with van der Waals surface area (Å²) in [4.78, 5) is 11.8. The number of fused-ring (bicyclic) bond motifs is 1. The van der Waals surface area contributed by atoms with Crippen molar-refractivity contribution in [2.24, 2.45) is 0 Å². The summed E-state index contributed by atoms with van der Waals surface area (Å²) in [5.74, 6) is 0.578. The third-order valence-corrected chi connectivity index (χ3v) is 4.08. The monoisotopic (exact) mass is 335 g/mol. The lowest BCUT2D eigenvalue weighted by molar-refractivity contribution is 0.294. The number of H-pyrrole nitrogens is 1. The SMILES string of the molecule is Clc1ccnc2[nH]c(-c3ccnc(OCc4ccccc4)c3)cc12. The molecule has 118 valence electrons. The van der Waals surface area contributed by atoms with E-state index >= 15 is 0 Å². The number of halogens is 1. The molecule has 4 nitrogen and oxygen atoms in total. The molecule has 1 N–H and O–H groups in total. The molecule has 5 heteroatoms. The number of aromatic amines is 1. The first-order valence-corrected chi connectivity index (χ1v) is 7.94. The summed E-state index contributed by atoms with van der Waals surface area (Å²) in [6.45, 7) is 0.484. The van der Waals surface area contributed by atoms with Gasteiger partial charge in [0.2, 0.25) is 5.88 Å². The minimum absolute atomic E-state index is 0.484. The van der Waals surface area contributed by atoms with E-state index in [0.717, 1.165) is 27.9 Å². The maximum Gasteiger partial charge on any atom is 0.214 e. The molecule has 0 radical (unpaired) electrons. The van der Waals surface area contributed by atoms with Crippen molar-refractivity contribution in [3.63, 3.8) is 0 Å². The molecule has 0 fully saturated rings. The number of hydrogen-bond acceptors (Lipinski definition) is 3. The zero-order chi connectivity index (χ0) is 16.4. The van der Waals surface area contributed by atoms with Crippen LogP contribution < -0.4 is 4.74 Å². The van der Waals surface area contributed by atoms with Gasteiger partial charge in [-0.3, -0.25) is 0 Å². The second-order valence-electron chi connectivity index (χ2n) is 5.40. The van der Waals surface area contributed by atoms with Crippen molar-refractivity contribution < 1.29 is 4.74 Å². The number of aromatic nitrogens is 3. The zero-order valence-corrected chi connectivity index (χ0v) is 13.5. The molecular formula is C19H14ClN3O. The minimum atomic E-state index is 0.484. The van der Waals surface area contributed by atoms with Crippen LogP contribution in [0.1, 0.15) is 5.56 Å². The second kappa shape index (κ2) is 6.34. The van der Waals surface area contributed by atoms with Crippen molar-refractivity contribution in [2.45, 2.75) is 6.61 Å². The number of pyridine rings is 2. The van der Waals surface area contributed by atoms with Crippen molar-refractivity contribution in [3.05, 3.63) is 77.6 Å². The Morgan fingerprint density at radius 3 is 2.62 bits per heavy atom. The van der Waals surface area contributed by atoms with E-state index in [1.165, 1.54) is 0 Å². The highest BCUT2D eigenvalue weighted by Crippen LogP contribution is 2.28. The Bertz CT molecular complexity index is 982. The molecule has 3 heterocycles. The molecule has 0 amide bonds. The fraction of sp³-hybridized carbons (Fsp3) is 0.0526. The Kier molecular flexibility index (Phi) is 3.89. The van der Waals surface area contributed by atoms with Crippen LogP contribution >= 0.6 is 11.6 Å². The van der Waals surface area contributed by atoms with Gasteiger partial charge in [-0.25, -0.2) is 9.97 Å². The first-order valence-electron chi connectivity index (χ1n) is 7.56. The van der Waals surface area contributed by atoms with Gasteiger partial charge in [-0.2, -0.15) is 0 Å². The molecule has 1 aromatic carbocycles. The van der Waals surface area contributed by atoms with Crippen LogP contribution in [-0.2, 0) is 6.61 Å². The van der Waals surface area contributed by atoms with Gasteiger partial charge in [0.1, 0.15) is 12.3 Å². The van der Waals surface area contributed by atoms with Crippen molar-refractivity contribution in [1.29, 1.82) is 0 Å². The average molecular weight is 336 g/mol. The standard InChI is InChI=1S/C19H14ClN3O/c20-16-7-9-22-19-15(16)11-17(23-19)14-6-8-21-18(10-14)24-12-13-4-2-1-3-5-13/h1-11H,12H2,(H,22,23). The summed E-state index contributed by atoms with van der Waals surface area (Å²) < 4.78 is 5.79. The van der Waals surface area contributed by atoms with Gasteiger partial charge in [-0.05, 0) is 23.8 Å². The van der Waals surface area contributed by atoms with Gasteiger partial charge in [-0.15, -0.1) is 0 Å². The summed E-state index contributed by atoms with van der Waals surface area (Å²) in [6.07, 6.45) is 3.42. The third kappa shape index (κ3) is 2.96. The molecular weight excluding hydrogens is 322 g/mol. The van der Waals surface area contributed by atoms with Crippen LogP contribution in [0.3, 0.4) is 0 Å². The molecule has 0 atom stereocenters. The van der Waals surface area contributed by atoms with E-state index in [4.69, 9.17) is 16.3 Å². The molecule has 4 rings (SSSR count). The maximum absolute atomic E-state index is 6.21. The predicted molar refractivity (Wildman–Crippen MR) is 95.1 cm³/mol. The number of nitrogens with one attached hydrogen (secondary N) is 1. The Labute approximate surface area is 144 Å². The molecule has 0 spiro atoms. The van der Waals surface area contributed by atoms with Crippen LogP contribution in [0.2, 0.25) is 5.02 Å². The van der Waals surface area contributed by atoms with Gasteiger partial charge < -0.3 is 9.72 Å². The van der Waals surface area contributed by atoms with Gasteiger partial charge in [0.25, 0.3) is 0 Å². The first-order chi connectivity index (χ1) is 11.8. The minimum Gasteiger partial charge on any atom is -0.473 e. The second-order valence-corrected chi connectivity index (χ2v) is 5.80. The normalized spacial score (nSPS) is 10.9. The quantitative estimate of drug-likeness (QED) is 0.579. The molecule has 0 saturated carbocycles. The molecule has 24 heavy (non-hydrogen) atoms. The Morgan fingerprint density at radius 1 is 0.958 bits per heavy atom. The molecule has 3 aromatic heterocycles. The summed E-state index contributed by atoms with van der Waals surface area (Å²) in [6, 6.07) is 17.6. The fourth-order valence-electron chi connectivity index (χ4n) is 2.54. The Morgan fingerprint density at radius 2 is 1.79 bits per heavy atom. The van der Waals surface area contributed by atoms with Crippen molar-refractivity contribution in [2.75, 3.05) is 0 Å². The average Bonchev–Trinajstić information content (AvgIpc) is 3.07. The smallest absolute Gasteiger partial charge is 0.214 e. The fourth-order valence-corrected chi connectivity index (χ4v) is 2.74. The molecule has 0 bridgehead atoms. The van der Waals surface area contributed by atoms with E-state index in [9.17, 15) is 0 Å². The number of benzene rings is 1. The maximum atomic E-state index is 6.21. The first kappa shape index (κ1) is 14.7. The van der Waals surface area contributed by atoms with E-state index in [0.29, 0.717) is 17.5 Å². The lowest BCUT2D eigenvalue weighted by atomic mass is 10.2. The topological polar surface area (TPSA) is 50.8 Å². The Balaban J connectivity index is 1.60. The summed E-state index contributed by atoms with van der Waals surface area (Å²) in [5.41, 5.74) is 3.77. The summed E-state index contributed by atoms with van der Waals surface area (Å²) in [5, 5.41) is 1.58. The molecule has 0 aliphatic rings. The molecule has 0 saturated heterocycles. The Hall–Kier alpha value is -2.85. The summed E-state index contributed by atoms with van der Waals surface area (Å²) in [7, 11) is 0. The molecule has 0 aliphatic heterocycles. The van der Waals surface area contributed by atoms with Gasteiger partial charge in [0.05, 0.1) is 5.02 Å². The lowest BCUT2D eigenvalue weighted by Crippen LogP contribution is -1.97. The number of hydrogen-bond donors (Lipinski definition) is 1. The van der Waals surface area contributed by atoms with Crippen molar-refractivity contribution in [1.82, 2.24) is 15.0 Å². The zero-order valence-electron chi connectivity index (χ0n) is 12.7. The molecule has 0 aliphatic carbocycles. The largest absolute Gasteiger partial charge is 0.473 e. The highest BCUT2D eigenvalue weighted by atomic mass is 35.5. The lowest BCUT2D eigenvalue weighted by Gasteiger charge is -2.06. The van der Waals surface area contributed by atoms with Crippen LogP contribution in [-0.4, -0.2) is 15.0 Å². The van der Waals surface area contributed by atoms with Crippen LogP contribution in [0.5, 0.6) is 5.88 Å². The number of rotatable bonds is 4. The van der Waals surface area contributed by atoms with Crippen LogP contribution in [0.4, 0.5) is 0 Å². The van der Waals surface area contributed by atoms with E-state index in [1.807, 2.05) is 48.5 Å². The van der Waals surface area contributed by atoms with Crippen molar-refractivity contribution >= 4 is 22.6 Å². The third-order valence-electron chi connectivity index (χ3n) is 3.75. The van der Waals surface area contributed by atoms with Gasteiger partial charge >= 0.3 is 0 Å². The van der Waals surface area contributed by atoms with E-state index in [-0.39, 0.29) is 0 Å².